The van der Waals surface area contributed by atoms with Crippen LogP contribution in [-0.4, -0.2) is 76.1 Å². The molecule has 0 saturated carbocycles. The molecule has 0 aliphatic carbocycles. The summed E-state index contributed by atoms with van der Waals surface area (Å²) >= 11 is 0. The fourth-order valence-electron chi connectivity index (χ4n) is 7.56. The van der Waals surface area contributed by atoms with E-state index in [0.717, 1.165) is 103 Å². The monoisotopic (exact) mass is 964 g/mol. The average Bonchev–Trinajstić information content (AvgIpc) is 3.29. The van der Waals surface area contributed by atoms with Gasteiger partial charge in [-0.15, -0.1) is 0 Å². The largest absolute Gasteiger partial charge is 0.490 e. The molecule has 0 unspecified atom stereocenters. The summed E-state index contributed by atoms with van der Waals surface area (Å²) in [4.78, 5) is 36.4. The minimum absolute atomic E-state index is 0.0842. The van der Waals surface area contributed by atoms with E-state index in [-0.39, 0.29) is 30.8 Å². The Hall–Kier alpha value is -3.58. The highest BCUT2D eigenvalue weighted by atomic mass is 32.2. The first kappa shape index (κ1) is 61.4. The highest BCUT2D eigenvalue weighted by Gasteiger charge is 2.20. The molecular formula is C54H93NO11S. The number of carbonyl (C=O) groups is 3. The van der Waals surface area contributed by atoms with E-state index in [2.05, 4.69) is 25.4 Å². The third-order valence-corrected chi connectivity index (χ3v) is 12.5. The second-order valence-electron chi connectivity index (χ2n) is 18.3. The van der Waals surface area contributed by atoms with Crippen LogP contribution in [0.25, 0.3) is 0 Å². The average molecular weight is 964 g/mol. The number of benzene rings is 1. The lowest BCUT2D eigenvalue weighted by Crippen LogP contribution is -2.26. The number of ether oxygens (including phenoxy) is 5. The van der Waals surface area contributed by atoms with E-state index < -0.39 is 15.9 Å². The van der Waals surface area contributed by atoms with Crippen molar-refractivity contribution in [2.45, 2.75) is 220 Å². The predicted octanol–water partition coefficient (Wildman–Crippen LogP) is 13.8. The summed E-state index contributed by atoms with van der Waals surface area (Å²) in [6.45, 7) is 15.2. The molecule has 0 fully saturated rings. The van der Waals surface area contributed by atoms with Crippen LogP contribution >= 0.6 is 0 Å². The van der Waals surface area contributed by atoms with Crippen molar-refractivity contribution in [2.24, 2.45) is 0 Å². The Bertz CT molecular complexity index is 1520. The van der Waals surface area contributed by atoms with Crippen molar-refractivity contribution < 1.29 is 51.0 Å². The molecule has 0 saturated heterocycles. The molecule has 0 heterocycles. The number of amides is 1. The molecular weight excluding hydrogens is 871 g/mol. The lowest BCUT2D eigenvalue weighted by molar-refractivity contribution is -0.139. The van der Waals surface area contributed by atoms with E-state index >= 15 is 0 Å². The SMILES string of the molecule is C=C(C)C(=O)OCCCCCCCCCCCCOc1cc(C(=O)NCCCS(=O)(=O)O)cc(OCCCCCCCCCCCCOC(=O)C(=C)C)c1OCCCCCCCCCCCC. The Morgan fingerprint density at radius 2 is 0.806 bits per heavy atom. The summed E-state index contributed by atoms with van der Waals surface area (Å²) in [6.07, 6.45) is 33.8. The van der Waals surface area contributed by atoms with E-state index in [1.165, 1.54) is 89.9 Å². The number of carbonyl (C=O) groups excluding carboxylic acids is 3. The van der Waals surface area contributed by atoms with Crippen LogP contribution < -0.4 is 19.5 Å². The summed E-state index contributed by atoms with van der Waals surface area (Å²) in [5.74, 6) is -0.00168. The van der Waals surface area contributed by atoms with Gasteiger partial charge in [-0.3, -0.25) is 9.35 Å². The van der Waals surface area contributed by atoms with Crippen molar-refractivity contribution in [2.75, 3.05) is 45.3 Å². The summed E-state index contributed by atoms with van der Waals surface area (Å²) in [5.41, 5.74) is 1.21. The molecule has 0 spiro atoms. The van der Waals surface area contributed by atoms with Crippen LogP contribution in [0, 0.1) is 0 Å². The molecule has 0 atom stereocenters. The van der Waals surface area contributed by atoms with Crippen LogP contribution in [0.4, 0.5) is 0 Å². The van der Waals surface area contributed by atoms with Crippen molar-refractivity contribution >= 4 is 28.0 Å². The molecule has 0 aliphatic rings. The van der Waals surface area contributed by atoms with Gasteiger partial charge in [0.05, 0.1) is 38.8 Å². The van der Waals surface area contributed by atoms with Crippen LogP contribution in [0.15, 0.2) is 36.4 Å². The number of rotatable bonds is 47. The fourth-order valence-corrected chi connectivity index (χ4v) is 8.07. The van der Waals surface area contributed by atoms with Crippen molar-refractivity contribution in [1.29, 1.82) is 0 Å². The zero-order valence-electron chi connectivity index (χ0n) is 42.4. The molecule has 1 aromatic rings. The van der Waals surface area contributed by atoms with E-state index in [4.69, 9.17) is 28.2 Å². The molecule has 0 aromatic heterocycles. The maximum atomic E-state index is 13.4. The van der Waals surface area contributed by atoms with Gasteiger partial charge in [0, 0.05) is 23.3 Å². The normalized spacial score (nSPS) is 11.3. The molecule has 1 aromatic carbocycles. The predicted molar refractivity (Wildman–Crippen MR) is 272 cm³/mol. The van der Waals surface area contributed by atoms with Crippen LogP contribution in [0.3, 0.4) is 0 Å². The van der Waals surface area contributed by atoms with E-state index in [1.807, 2.05) is 0 Å². The van der Waals surface area contributed by atoms with E-state index in [0.29, 0.717) is 67.0 Å². The van der Waals surface area contributed by atoms with E-state index in [9.17, 15) is 22.8 Å². The zero-order valence-corrected chi connectivity index (χ0v) is 43.2. The Balaban J connectivity index is 2.78. The van der Waals surface area contributed by atoms with Gasteiger partial charge in [-0.1, -0.05) is 181 Å². The lowest BCUT2D eigenvalue weighted by Gasteiger charge is -2.19. The second kappa shape index (κ2) is 41.4. The van der Waals surface area contributed by atoms with Crippen molar-refractivity contribution in [1.82, 2.24) is 5.32 Å². The number of nitrogens with one attached hydrogen (secondary N) is 1. The topological polar surface area (TPSA) is 164 Å². The van der Waals surface area contributed by atoms with Gasteiger partial charge >= 0.3 is 11.9 Å². The van der Waals surface area contributed by atoms with Gasteiger partial charge in [-0.2, -0.15) is 8.42 Å². The van der Waals surface area contributed by atoms with Crippen LogP contribution in [-0.2, 0) is 29.2 Å². The maximum Gasteiger partial charge on any atom is 0.333 e. The molecule has 13 heteroatoms. The minimum atomic E-state index is -4.13. The Kier molecular flexibility index (Phi) is 38.0. The summed E-state index contributed by atoms with van der Waals surface area (Å²) in [5, 5.41) is 2.78. The molecule has 0 bridgehead atoms. The van der Waals surface area contributed by atoms with Gasteiger partial charge in [0.2, 0.25) is 5.75 Å². The smallest absolute Gasteiger partial charge is 0.333 e. The highest BCUT2D eigenvalue weighted by molar-refractivity contribution is 7.85. The number of hydrogen-bond donors (Lipinski definition) is 2. The van der Waals surface area contributed by atoms with E-state index in [1.54, 1.807) is 26.0 Å². The third-order valence-electron chi connectivity index (χ3n) is 11.6. The first-order valence-corrected chi connectivity index (χ1v) is 27.9. The Morgan fingerprint density at radius 1 is 0.493 bits per heavy atom. The fraction of sp³-hybridized carbons (Fsp3) is 0.759. The van der Waals surface area contributed by atoms with Crippen molar-refractivity contribution in [3.8, 4) is 17.2 Å². The van der Waals surface area contributed by atoms with Crippen molar-refractivity contribution in [3.63, 3.8) is 0 Å². The van der Waals surface area contributed by atoms with Gasteiger partial charge in [0.15, 0.2) is 11.5 Å². The summed E-state index contributed by atoms with van der Waals surface area (Å²) in [7, 11) is -4.13. The molecule has 12 nitrogen and oxygen atoms in total. The molecule has 67 heavy (non-hydrogen) atoms. The third kappa shape index (κ3) is 36.1. The second-order valence-corrected chi connectivity index (χ2v) is 19.9. The van der Waals surface area contributed by atoms with Crippen molar-refractivity contribution in [3.05, 3.63) is 42.0 Å². The Labute approximate surface area is 407 Å². The quantitative estimate of drug-likeness (QED) is 0.0276. The minimum Gasteiger partial charge on any atom is -0.490 e. The summed E-state index contributed by atoms with van der Waals surface area (Å²) < 4.78 is 61.2. The van der Waals surface area contributed by atoms with Gasteiger partial charge in [0.25, 0.3) is 16.0 Å². The van der Waals surface area contributed by atoms with Gasteiger partial charge in [-0.05, 0) is 64.5 Å². The van der Waals surface area contributed by atoms with Crippen LogP contribution in [0.2, 0.25) is 0 Å². The molecule has 1 rings (SSSR count). The molecule has 386 valence electrons. The highest BCUT2D eigenvalue weighted by Crippen LogP contribution is 2.40. The van der Waals surface area contributed by atoms with Crippen LogP contribution in [0.5, 0.6) is 17.2 Å². The molecule has 0 aliphatic heterocycles. The maximum absolute atomic E-state index is 13.4. The zero-order chi connectivity index (χ0) is 49.2. The standard InChI is InChI=1S/C54H93NO11S/c1-6-7-8-9-10-11-16-23-28-33-40-64-51-49(62-38-31-26-21-17-12-14-19-24-29-34-41-65-53(57)46(2)3)44-48(52(56)55-37-36-43-67(59,60)61)45-50(51)63-39-32-27-22-18-13-15-20-25-30-35-42-66-54(58)47(4)5/h44-45H,2,4,6-43H2,1,3,5H3,(H,55,56)(H,59,60,61). The van der Waals surface area contributed by atoms with Gasteiger partial charge in [0.1, 0.15) is 0 Å². The molecule has 2 N–H and O–H groups in total. The number of esters is 2. The number of hydrogen-bond acceptors (Lipinski definition) is 10. The van der Waals surface area contributed by atoms with Gasteiger partial charge < -0.3 is 29.0 Å². The van der Waals surface area contributed by atoms with Crippen LogP contribution in [0.1, 0.15) is 230 Å². The molecule has 1 amide bonds. The first-order chi connectivity index (χ1) is 32.4. The lowest BCUT2D eigenvalue weighted by atomic mass is 10.1. The Morgan fingerprint density at radius 3 is 1.13 bits per heavy atom. The first-order valence-electron chi connectivity index (χ1n) is 26.3. The summed E-state index contributed by atoms with van der Waals surface area (Å²) in [6, 6.07) is 3.39. The molecule has 0 radical (unpaired) electrons. The number of unbranched alkanes of at least 4 members (excludes halogenated alkanes) is 27. The van der Waals surface area contributed by atoms with Gasteiger partial charge in [-0.25, -0.2) is 9.59 Å².